The predicted octanol–water partition coefficient (Wildman–Crippen LogP) is 2.73. The summed E-state index contributed by atoms with van der Waals surface area (Å²) in [6, 6.07) is 2.23. The molecule has 28 heavy (non-hydrogen) atoms. The van der Waals surface area contributed by atoms with Crippen LogP contribution >= 0.6 is 11.3 Å². The van der Waals surface area contributed by atoms with Crippen molar-refractivity contribution < 1.29 is 23.1 Å². The van der Waals surface area contributed by atoms with Crippen LogP contribution in [0.15, 0.2) is 23.1 Å². The number of carboxylic acids is 1. The topological polar surface area (TPSA) is 122 Å². The molecule has 1 aliphatic rings. The smallest absolute Gasteiger partial charge is 0.433 e. The Bertz CT molecular complexity index is 1070. The summed E-state index contributed by atoms with van der Waals surface area (Å²) in [6.07, 6.45) is -0.308. The summed E-state index contributed by atoms with van der Waals surface area (Å²) >= 11 is 1.44. The van der Waals surface area contributed by atoms with Crippen molar-refractivity contribution in [1.29, 1.82) is 0 Å². The Kier molecular flexibility index (Phi) is 5.47. The number of halogens is 3. The Morgan fingerprint density at radius 2 is 2.07 bits per heavy atom. The van der Waals surface area contributed by atoms with Gasteiger partial charge in [-0.15, -0.1) is 11.3 Å². The molecule has 0 atom stereocenters. The van der Waals surface area contributed by atoms with Crippen molar-refractivity contribution in [3.63, 3.8) is 0 Å². The number of aromatic carboxylic acids is 1. The molecule has 0 saturated heterocycles. The van der Waals surface area contributed by atoms with Gasteiger partial charge in [0.2, 0.25) is 5.82 Å². The van der Waals surface area contributed by atoms with E-state index in [-0.39, 0.29) is 17.9 Å². The minimum absolute atomic E-state index is 0.200. The molecule has 7 nitrogen and oxygen atoms in total. The van der Waals surface area contributed by atoms with Crippen LogP contribution in [0.1, 0.15) is 38.7 Å². The molecule has 1 aliphatic carbocycles. The average molecular weight is 412 g/mol. The van der Waals surface area contributed by atoms with Gasteiger partial charge in [0.05, 0.1) is 5.39 Å². The number of carbonyl (C=O) groups is 1. The molecule has 0 radical (unpaired) electrons. The number of fused-ring (bicyclic) bond motifs is 3. The van der Waals surface area contributed by atoms with E-state index in [1.54, 1.807) is 0 Å². The summed E-state index contributed by atoms with van der Waals surface area (Å²) in [5, 5.41) is 9.37. The standard InChI is InChI=1S/C10H8N2O3S.C7H7F3N2/c13-8-6-4-2-1-3-5(4)16-9(6)12-7(11-8)10(14)15;8-7(9,10)6-2-1-5(3-11)4-12-6/h1-3H2,(H,14,15)(H,11,12,13);1-2,4H,3,11H2. The summed E-state index contributed by atoms with van der Waals surface area (Å²) in [5.41, 5.74) is 5.61. The predicted molar refractivity (Wildman–Crippen MR) is 96.4 cm³/mol. The zero-order chi connectivity index (χ0) is 20.5. The molecule has 0 amide bonds. The van der Waals surface area contributed by atoms with Gasteiger partial charge in [-0.2, -0.15) is 13.2 Å². The van der Waals surface area contributed by atoms with E-state index in [2.05, 4.69) is 15.0 Å². The van der Waals surface area contributed by atoms with Crippen LogP contribution < -0.4 is 11.3 Å². The number of aromatic nitrogens is 3. The highest BCUT2D eigenvalue weighted by Gasteiger charge is 2.31. The highest BCUT2D eigenvalue weighted by atomic mass is 32.1. The molecule has 0 bridgehead atoms. The number of thiophene rings is 1. The second-order valence-electron chi connectivity index (χ2n) is 6.01. The zero-order valence-corrected chi connectivity index (χ0v) is 15.2. The number of aryl methyl sites for hydroxylation is 2. The van der Waals surface area contributed by atoms with Crippen LogP contribution in [0, 0.1) is 0 Å². The van der Waals surface area contributed by atoms with Gasteiger partial charge in [0.15, 0.2) is 0 Å². The highest BCUT2D eigenvalue weighted by molar-refractivity contribution is 7.18. The van der Waals surface area contributed by atoms with Crippen molar-refractivity contribution in [2.24, 2.45) is 5.73 Å². The number of carboxylic acid groups (broad SMARTS) is 1. The quantitative estimate of drug-likeness (QED) is 0.595. The van der Waals surface area contributed by atoms with Gasteiger partial charge < -0.3 is 15.8 Å². The fourth-order valence-electron chi connectivity index (χ4n) is 2.82. The second-order valence-corrected chi connectivity index (χ2v) is 7.09. The maximum atomic E-state index is 11.9. The fourth-order valence-corrected chi connectivity index (χ4v) is 4.08. The van der Waals surface area contributed by atoms with Gasteiger partial charge in [-0.25, -0.2) is 9.78 Å². The molecular formula is C17H15F3N4O3S. The van der Waals surface area contributed by atoms with E-state index in [0.29, 0.717) is 15.8 Å². The molecular weight excluding hydrogens is 397 g/mol. The molecule has 0 unspecified atom stereocenters. The Labute approximate surface area is 160 Å². The first-order chi connectivity index (χ1) is 13.2. The van der Waals surface area contributed by atoms with Crippen LogP contribution in [-0.4, -0.2) is 26.0 Å². The van der Waals surface area contributed by atoms with Crippen molar-refractivity contribution >= 4 is 27.5 Å². The third kappa shape index (κ3) is 4.04. The molecule has 4 rings (SSSR count). The lowest BCUT2D eigenvalue weighted by atomic mass is 10.2. The number of nitrogens with two attached hydrogens (primary N) is 1. The maximum Gasteiger partial charge on any atom is 0.433 e. The monoisotopic (exact) mass is 412 g/mol. The molecule has 3 aromatic heterocycles. The van der Waals surface area contributed by atoms with Crippen LogP contribution in [0.5, 0.6) is 0 Å². The number of aromatic amines is 1. The fraction of sp³-hybridized carbons (Fsp3) is 0.294. The first-order valence-corrected chi connectivity index (χ1v) is 9.02. The third-order valence-corrected chi connectivity index (χ3v) is 5.31. The van der Waals surface area contributed by atoms with E-state index in [1.807, 2.05) is 0 Å². The number of rotatable bonds is 2. The minimum atomic E-state index is -4.37. The molecule has 3 heterocycles. The summed E-state index contributed by atoms with van der Waals surface area (Å²) < 4.78 is 35.8. The molecule has 0 spiro atoms. The molecule has 0 saturated carbocycles. The van der Waals surface area contributed by atoms with Gasteiger partial charge in [0.1, 0.15) is 10.5 Å². The Hall–Kier alpha value is -2.79. The summed E-state index contributed by atoms with van der Waals surface area (Å²) in [4.78, 5) is 33.7. The van der Waals surface area contributed by atoms with E-state index >= 15 is 0 Å². The number of nitrogens with one attached hydrogen (secondary N) is 1. The molecule has 11 heteroatoms. The first-order valence-electron chi connectivity index (χ1n) is 8.20. The molecule has 4 N–H and O–H groups in total. The van der Waals surface area contributed by atoms with Gasteiger partial charge in [-0.05, 0) is 36.5 Å². The Morgan fingerprint density at radius 1 is 1.32 bits per heavy atom. The Morgan fingerprint density at radius 3 is 2.64 bits per heavy atom. The van der Waals surface area contributed by atoms with Gasteiger partial charge in [0, 0.05) is 17.6 Å². The molecule has 0 aromatic carbocycles. The van der Waals surface area contributed by atoms with Gasteiger partial charge >= 0.3 is 12.1 Å². The number of alkyl halides is 3. The summed E-state index contributed by atoms with van der Waals surface area (Å²) in [6.45, 7) is 0.200. The van der Waals surface area contributed by atoms with E-state index in [4.69, 9.17) is 10.8 Å². The van der Waals surface area contributed by atoms with Crippen molar-refractivity contribution in [2.45, 2.75) is 32.0 Å². The number of pyridine rings is 1. The maximum absolute atomic E-state index is 11.9. The van der Waals surface area contributed by atoms with Crippen LogP contribution in [0.4, 0.5) is 13.2 Å². The second kappa shape index (κ2) is 7.68. The first kappa shape index (κ1) is 20.0. The van der Waals surface area contributed by atoms with Gasteiger partial charge in [-0.1, -0.05) is 6.07 Å². The lowest BCUT2D eigenvalue weighted by Gasteiger charge is -2.04. The molecule has 3 aromatic rings. The van der Waals surface area contributed by atoms with E-state index in [0.717, 1.165) is 37.1 Å². The van der Waals surface area contributed by atoms with Crippen molar-refractivity contribution in [2.75, 3.05) is 0 Å². The molecule has 0 fully saturated rings. The van der Waals surface area contributed by atoms with Crippen LogP contribution in [0.3, 0.4) is 0 Å². The van der Waals surface area contributed by atoms with Crippen LogP contribution in [-0.2, 0) is 25.6 Å². The lowest BCUT2D eigenvalue weighted by Crippen LogP contribution is -2.15. The average Bonchev–Trinajstić information content (AvgIpc) is 3.22. The summed E-state index contributed by atoms with van der Waals surface area (Å²) in [7, 11) is 0. The number of nitrogens with zero attached hydrogens (tertiary/aromatic N) is 2. The lowest BCUT2D eigenvalue weighted by molar-refractivity contribution is -0.141. The van der Waals surface area contributed by atoms with Crippen LogP contribution in [0.2, 0.25) is 0 Å². The number of hydrogen-bond acceptors (Lipinski definition) is 6. The van der Waals surface area contributed by atoms with Crippen molar-refractivity contribution in [3.05, 3.63) is 56.2 Å². The van der Waals surface area contributed by atoms with Crippen molar-refractivity contribution in [3.8, 4) is 0 Å². The zero-order valence-electron chi connectivity index (χ0n) is 14.3. The number of H-pyrrole nitrogens is 1. The van der Waals surface area contributed by atoms with E-state index < -0.39 is 17.8 Å². The highest BCUT2D eigenvalue weighted by Crippen LogP contribution is 2.34. The third-order valence-electron chi connectivity index (χ3n) is 4.13. The molecule has 148 valence electrons. The Balaban J connectivity index is 0.000000169. The van der Waals surface area contributed by atoms with Crippen molar-refractivity contribution in [1.82, 2.24) is 15.0 Å². The van der Waals surface area contributed by atoms with E-state index in [9.17, 15) is 22.8 Å². The minimum Gasteiger partial charge on any atom is -0.475 e. The largest absolute Gasteiger partial charge is 0.475 e. The number of hydrogen-bond donors (Lipinski definition) is 3. The summed E-state index contributed by atoms with van der Waals surface area (Å²) in [5.74, 6) is -1.48. The van der Waals surface area contributed by atoms with Gasteiger partial charge in [0.25, 0.3) is 5.56 Å². The SMILES string of the molecule is NCc1ccc(C(F)(F)F)nc1.O=C(O)c1nc2sc3c(c2c(=O)[nH]1)CCC3. The van der Waals surface area contributed by atoms with Crippen LogP contribution in [0.25, 0.3) is 10.2 Å². The van der Waals surface area contributed by atoms with Gasteiger partial charge in [-0.3, -0.25) is 9.78 Å². The van der Waals surface area contributed by atoms with E-state index in [1.165, 1.54) is 22.3 Å². The molecule has 0 aliphatic heterocycles. The normalized spacial score (nSPS) is 13.1.